The number of halogens is 2. The molecule has 0 unspecified atom stereocenters. The number of pyridine rings is 1. The lowest BCUT2D eigenvalue weighted by Crippen LogP contribution is -2.15. The van der Waals surface area contributed by atoms with E-state index >= 15 is 0 Å². The highest BCUT2D eigenvalue weighted by Crippen LogP contribution is 2.26. The van der Waals surface area contributed by atoms with Gasteiger partial charge in [0.2, 0.25) is 6.41 Å². The lowest BCUT2D eigenvalue weighted by Gasteiger charge is -2.14. The normalized spacial score (nSPS) is 10.5. The molecule has 1 heterocycles. The van der Waals surface area contributed by atoms with Crippen LogP contribution < -0.4 is 5.32 Å². The third-order valence-corrected chi connectivity index (χ3v) is 2.05. The van der Waals surface area contributed by atoms with E-state index in [1.54, 1.807) is 7.11 Å². The standard InChI is InChI=1S/C8H8F2N2O.C5H12O.C2H6/c1-8(9,10)7-4-6(12-5-13)2-3-11-7;1-5(2,3)6-4;1-2/h2-5H,1H3,(H,11,12,13);1-4H3;1-2H3. The van der Waals surface area contributed by atoms with E-state index in [4.69, 9.17) is 4.74 Å². The lowest BCUT2D eigenvalue weighted by molar-refractivity contribution is -0.105. The predicted octanol–water partition coefficient (Wildman–Crippen LogP) is 4.22. The van der Waals surface area contributed by atoms with Gasteiger partial charge in [0.05, 0.1) is 5.60 Å². The van der Waals surface area contributed by atoms with Crippen molar-refractivity contribution in [1.29, 1.82) is 0 Å². The van der Waals surface area contributed by atoms with Gasteiger partial charge in [-0.25, -0.2) is 0 Å². The number of anilines is 1. The molecular formula is C15H26F2N2O2. The average Bonchev–Trinajstić information content (AvgIpc) is 2.41. The summed E-state index contributed by atoms with van der Waals surface area (Å²) >= 11 is 0. The highest BCUT2D eigenvalue weighted by Gasteiger charge is 2.25. The highest BCUT2D eigenvalue weighted by molar-refractivity contribution is 5.70. The average molecular weight is 304 g/mol. The number of carbonyl (C=O) groups is 1. The van der Waals surface area contributed by atoms with Crippen molar-refractivity contribution in [1.82, 2.24) is 4.98 Å². The number of alkyl halides is 2. The van der Waals surface area contributed by atoms with Crippen LogP contribution in [0.3, 0.4) is 0 Å². The van der Waals surface area contributed by atoms with Crippen LogP contribution in [0.4, 0.5) is 14.5 Å². The van der Waals surface area contributed by atoms with Crippen LogP contribution in [0.5, 0.6) is 0 Å². The third kappa shape index (κ3) is 11.9. The van der Waals surface area contributed by atoms with E-state index in [1.165, 1.54) is 12.3 Å². The van der Waals surface area contributed by atoms with Crippen LogP contribution in [0.15, 0.2) is 18.3 Å². The molecule has 0 aromatic carbocycles. The van der Waals surface area contributed by atoms with Crippen molar-refractivity contribution in [3.05, 3.63) is 24.0 Å². The van der Waals surface area contributed by atoms with Crippen LogP contribution >= 0.6 is 0 Å². The first kappa shape index (κ1) is 21.7. The van der Waals surface area contributed by atoms with Crippen molar-refractivity contribution in [2.45, 2.75) is 53.1 Å². The van der Waals surface area contributed by atoms with Gasteiger partial charge < -0.3 is 10.1 Å². The minimum atomic E-state index is -2.99. The molecule has 0 aliphatic rings. The van der Waals surface area contributed by atoms with Crippen molar-refractivity contribution in [3.63, 3.8) is 0 Å². The predicted molar refractivity (Wildman–Crippen MR) is 81.6 cm³/mol. The van der Waals surface area contributed by atoms with Gasteiger partial charge in [0.1, 0.15) is 5.69 Å². The van der Waals surface area contributed by atoms with Gasteiger partial charge in [-0.1, -0.05) is 13.8 Å². The number of amides is 1. The van der Waals surface area contributed by atoms with Crippen molar-refractivity contribution < 1.29 is 18.3 Å². The van der Waals surface area contributed by atoms with E-state index in [-0.39, 0.29) is 11.3 Å². The fraction of sp³-hybridized carbons (Fsp3) is 0.600. The molecule has 21 heavy (non-hydrogen) atoms. The van der Waals surface area contributed by atoms with E-state index in [0.717, 1.165) is 13.0 Å². The highest BCUT2D eigenvalue weighted by atomic mass is 19.3. The number of ether oxygens (including phenoxy) is 1. The molecule has 1 aromatic heterocycles. The van der Waals surface area contributed by atoms with E-state index in [9.17, 15) is 13.6 Å². The number of carbonyl (C=O) groups excluding carboxylic acids is 1. The van der Waals surface area contributed by atoms with Crippen LogP contribution in [0.2, 0.25) is 0 Å². The van der Waals surface area contributed by atoms with Crippen LogP contribution in [0.1, 0.15) is 47.2 Å². The van der Waals surface area contributed by atoms with Gasteiger partial charge in [0, 0.05) is 25.9 Å². The molecule has 0 saturated carbocycles. The van der Waals surface area contributed by atoms with Crippen LogP contribution in [-0.4, -0.2) is 24.1 Å². The Morgan fingerprint density at radius 1 is 1.24 bits per heavy atom. The lowest BCUT2D eigenvalue weighted by atomic mass is 10.2. The fourth-order valence-corrected chi connectivity index (χ4v) is 0.828. The Morgan fingerprint density at radius 2 is 1.71 bits per heavy atom. The molecule has 4 nitrogen and oxygen atoms in total. The Labute approximate surface area is 125 Å². The van der Waals surface area contributed by atoms with Crippen molar-refractivity contribution in [2.75, 3.05) is 12.4 Å². The molecule has 1 N–H and O–H groups in total. The Balaban J connectivity index is 0. The summed E-state index contributed by atoms with van der Waals surface area (Å²) in [5.41, 5.74) is -0.0131. The first-order chi connectivity index (χ1) is 9.60. The van der Waals surface area contributed by atoms with Crippen molar-refractivity contribution in [2.24, 2.45) is 0 Å². The topological polar surface area (TPSA) is 51.2 Å². The molecule has 1 aromatic rings. The number of nitrogens with one attached hydrogen (secondary N) is 1. The molecule has 0 aliphatic heterocycles. The second-order valence-corrected chi connectivity index (χ2v) is 4.90. The Bertz CT molecular complexity index is 399. The quantitative estimate of drug-likeness (QED) is 0.851. The zero-order valence-electron chi connectivity index (χ0n) is 13.8. The molecule has 0 atom stereocenters. The van der Waals surface area contributed by atoms with Crippen molar-refractivity contribution in [3.8, 4) is 0 Å². The number of methoxy groups -OCH3 is 1. The van der Waals surface area contributed by atoms with Crippen LogP contribution in [-0.2, 0) is 15.5 Å². The maximum atomic E-state index is 12.7. The third-order valence-electron chi connectivity index (χ3n) is 2.05. The van der Waals surface area contributed by atoms with Gasteiger partial charge in [-0.3, -0.25) is 9.78 Å². The second kappa shape index (κ2) is 10.2. The zero-order chi connectivity index (χ0) is 17.1. The minimum absolute atomic E-state index is 0.0417. The van der Waals surface area contributed by atoms with E-state index in [0.29, 0.717) is 12.1 Å². The number of rotatable bonds is 3. The zero-order valence-corrected chi connectivity index (χ0v) is 13.8. The van der Waals surface area contributed by atoms with Gasteiger partial charge >= 0.3 is 0 Å². The van der Waals surface area contributed by atoms with Gasteiger partial charge in [-0.2, -0.15) is 8.78 Å². The fourth-order valence-electron chi connectivity index (χ4n) is 0.828. The van der Waals surface area contributed by atoms with Crippen molar-refractivity contribution >= 4 is 12.1 Å². The molecular weight excluding hydrogens is 278 g/mol. The number of hydrogen-bond acceptors (Lipinski definition) is 3. The van der Waals surface area contributed by atoms with Gasteiger partial charge in [-0.15, -0.1) is 0 Å². The van der Waals surface area contributed by atoms with E-state index < -0.39 is 5.92 Å². The number of aromatic nitrogens is 1. The van der Waals surface area contributed by atoms with Gasteiger partial charge in [0.25, 0.3) is 5.92 Å². The van der Waals surface area contributed by atoms with Gasteiger partial charge in [0.15, 0.2) is 0 Å². The molecule has 0 spiro atoms. The van der Waals surface area contributed by atoms with Gasteiger partial charge in [-0.05, 0) is 32.9 Å². The smallest absolute Gasteiger partial charge is 0.287 e. The maximum Gasteiger partial charge on any atom is 0.287 e. The van der Waals surface area contributed by atoms with Crippen LogP contribution in [0, 0.1) is 0 Å². The Hall–Kier alpha value is -1.56. The molecule has 122 valence electrons. The maximum absolute atomic E-state index is 12.7. The molecule has 0 aliphatic carbocycles. The molecule has 1 rings (SSSR count). The summed E-state index contributed by atoms with van der Waals surface area (Å²) in [4.78, 5) is 13.5. The summed E-state index contributed by atoms with van der Waals surface area (Å²) in [5.74, 6) is -2.99. The second-order valence-electron chi connectivity index (χ2n) is 4.90. The molecule has 0 fully saturated rings. The largest absolute Gasteiger partial charge is 0.379 e. The summed E-state index contributed by atoms with van der Waals surface area (Å²) in [6.45, 7) is 10.8. The molecule has 0 bridgehead atoms. The first-order valence-corrected chi connectivity index (χ1v) is 6.70. The summed E-state index contributed by atoms with van der Waals surface area (Å²) in [6, 6.07) is 2.57. The summed E-state index contributed by atoms with van der Waals surface area (Å²) in [6.07, 6.45) is 1.64. The molecule has 6 heteroatoms. The van der Waals surface area contributed by atoms with E-state index in [1.807, 2.05) is 34.6 Å². The number of hydrogen-bond donors (Lipinski definition) is 1. The molecule has 1 amide bonds. The number of nitrogens with zero attached hydrogens (tertiary/aromatic N) is 1. The monoisotopic (exact) mass is 304 g/mol. The summed E-state index contributed by atoms with van der Waals surface area (Å²) < 4.78 is 30.3. The Morgan fingerprint density at radius 3 is 2.05 bits per heavy atom. The summed E-state index contributed by atoms with van der Waals surface area (Å²) in [7, 11) is 1.71. The van der Waals surface area contributed by atoms with Crippen LogP contribution in [0.25, 0.3) is 0 Å². The first-order valence-electron chi connectivity index (χ1n) is 6.70. The SMILES string of the molecule is CC.CC(F)(F)c1cc(NC=O)ccn1.COC(C)(C)C. The summed E-state index contributed by atoms with van der Waals surface area (Å²) in [5, 5.41) is 2.27. The minimum Gasteiger partial charge on any atom is -0.379 e. The molecule has 0 radical (unpaired) electrons. The Kier molecular flexibility index (Phi) is 10.6. The molecule has 0 saturated heterocycles. The van der Waals surface area contributed by atoms with E-state index in [2.05, 4.69) is 10.3 Å².